The first-order valence-corrected chi connectivity index (χ1v) is 8.56. The van der Waals surface area contributed by atoms with Crippen LogP contribution >= 0.6 is 11.6 Å². The van der Waals surface area contributed by atoms with Crippen LogP contribution < -0.4 is 10.1 Å². The zero-order valence-electron chi connectivity index (χ0n) is 14.7. The lowest BCUT2D eigenvalue weighted by molar-refractivity contribution is -0.384. The van der Waals surface area contributed by atoms with E-state index in [2.05, 4.69) is 15.5 Å². The fourth-order valence-corrected chi connectivity index (χ4v) is 2.44. The molecule has 0 saturated carbocycles. The van der Waals surface area contributed by atoms with Crippen LogP contribution in [0.25, 0.3) is 11.4 Å². The van der Waals surface area contributed by atoms with Gasteiger partial charge in [0.25, 0.3) is 11.6 Å². The monoisotopic (exact) mass is 402 g/mol. The first-order valence-electron chi connectivity index (χ1n) is 8.18. The molecule has 1 aromatic heterocycles. The number of benzene rings is 2. The molecule has 144 valence electrons. The number of nitro groups is 1. The van der Waals surface area contributed by atoms with Gasteiger partial charge in [-0.3, -0.25) is 14.9 Å². The van der Waals surface area contributed by atoms with Crippen molar-refractivity contribution in [3.8, 4) is 17.1 Å². The summed E-state index contributed by atoms with van der Waals surface area (Å²) in [7, 11) is 0. The molecule has 1 N–H and O–H groups in total. The Labute approximate surface area is 164 Å². The molecule has 0 radical (unpaired) electrons. The van der Waals surface area contributed by atoms with Crippen LogP contribution in [0.2, 0.25) is 5.02 Å². The number of nitrogens with zero attached hydrogens (tertiary/aromatic N) is 3. The highest BCUT2D eigenvalue weighted by molar-refractivity contribution is 6.30. The Kier molecular flexibility index (Phi) is 5.85. The molecule has 0 aliphatic heterocycles. The molecule has 0 aliphatic rings. The quantitative estimate of drug-likeness (QED) is 0.473. The molecule has 0 spiro atoms. The van der Waals surface area contributed by atoms with Crippen molar-refractivity contribution in [2.75, 3.05) is 6.61 Å². The molecular weight excluding hydrogens is 388 g/mol. The van der Waals surface area contributed by atoms with Gasteiger partial charge in [-0.05, 0) is 31.2 Å². The van der Waals surface area contributed by atoms with E-state index in [-0.39, 0.29) is 29.9 Å². The molecule has 9 nitrogen and oxygen atoms in total. The van der Waals surface area contributed by atoms with Gasteiger partial charge >= 0.3 is 0 Å². The number of carbonyl (C=O) groups is 1. The van der Waals surface area contributed by atoms with Crippen LogP contribution in [0.15, 0.2) is 53.1 Å². The average molecular weight is 403 g/mol. The van der Waals surface area contributed by atoms with E-state index >= 15 is 0 Å². The summed E-state index contributed by atoms with van der Waals surface area (Å²) in [6, 6.07) is 11.9. The van der Waals surface area contributed by atoms with Crippen LogP contribution in [0.1, 0.15) is 18.9 Å². The lowest BCUT2D eigenvalue weighted by atomic mass is 10.2. The van der Waals surface area contributed by atoms with E-state index in [4.69, 9.17) is 20.9 Å². The molecule has 28 heavy (non-hydrogen) atoms. The Morgan fingerprint density at radius 2 is 2.07 bits per heavy atom. The molecule has 3 aromatic rings. The Morgan fingerprint density at radius 3 is 2.79 bits per heavy atom. The second-order valence-electron chi connectivity index (χ2n) is 5.80. The van der Waals surface area contributed by atoms with Crippen molar-refractivity contribution in [1.82, 2.24) is 15.5 Å². The third-order valence-corrected chi connectivity index (χ3v) is 3.94. The summed E-state index contributed by atoms with van der Waals surface area (Å²) in [5.74, 6) is 0.495. The fraction of sp³-hybridized carbons (Fsp3) is 0.167. The van der Waals surface area contributed by atoms with Crippen molar-refractivity contribution < 1.29 is 19.0 Å². The van der Waals surface area contributed by atoms with Crippen LogP contribution in [0.3, 0.4) is 0 Å². The molecule has 1 atom stereocenters. The summed E-state index contributed by atoms with van der Waals surface area (Å²) in [6.45, 7) is 1.47. The highest BCUT2D eigenvalue weighted by Gasteiger charge is 2.18. The van der Waals surface area contributed by atoms with Gasteiger partial charge in [0.05, 0.1) is 4.92 Å². The molecule has 3 rings (SSSR count). The zero-order valence-corrected chi connectivity index (χ0v) is 15.4. The number of hydrogen-bond donors (Lipinski definition) is 1. The van der Waals surface area contributed by atoms with Gasteiger partial charge in [0, 0.05) is 22.7 Å². The molecule has 1 heterocycles. The number of ether oxygens (including phenoxy) is 1. The van der Waals surface area contributed by atoms with Gasteiger partial charge in [-0.1, -0.05) is 28.9 Å². The molecule has 10 heteroatoms. The van der Waals surface area contributed by atoms with E-state index in [1.165, 1.54) is 18.2 Å². The van der Waals surface area contributed by atoms with Gasteiger partial charge in [0.1, 0.15) is 11.8 Å². The summed E-state index contributed by atoms with van der Waals surface area (Å²) < 4.78 is 10.5. The topological polar surface area (TPSA) is 120 Å². The van der Waals surface area contributed by atoms with E-state index in [9.17, 15) is 14.9 Å². The number of halogens is 1. The third-order valence-electron chi connectivity index (χ3n) is 3.69. The maximum absolute atomic E-state index is 12.0. The highest BCUT2D eigenvalue weighted by atomic mass is 35.5. The van der Waals surface area contributed by atoms with E-state index in [1.54, 1.807) is 37.3 Å². The van der Waals surface area contributed by atoms with Crippen LogP contribution in [0, 0.1) is 10.1 Å². The number of nitrogens with one attached hydrogen (secondary N) is 1. The number of amides is 1. The number of aromatic nitrogens is 2. The van der Waals surface area contributed by atoms with E-state index in [0.29, 0.717) is 16.3 Å². The predicted octanol–water partition coefficient (Wildman–Crippen LogP) is 3.55. The predicted molar refractivity (Wildman–Crippen MR) is 99.9 cm³/mol. The normalized spacial score (nSPS) is 11.6. The van der Waals surface area contributed by atoms with Crippen LogP contribution in [0.4, 0.5) is 5.69 Å². The Hall–Kier alpha value is -3.46. The van der Waals surface area contributed by atoms with Crippen molar-refractivity contribution in [2.24, 2.45) is 0 Å². The third kappa shape index (κ3) is 4.83. The second kappa shape index (κ2) is 8.49. The van der Waals surface area contributed by atoms with Crippen LogP contribution in [0.5, 0.6) is 5.75 Å². The van der Waals surface area contributed by atoms with Gasteiger partial charge in [0.15, 0.2) is 6.61 Å². The van der Waals surface area contributed by atoms with Gasteiger partial charge in [0.2, 0.25) is 11.7 Å². The van der Waals surface area contributed by atoms with E-state index in [0.717, 1.165) is 0 Å². The molecular formula is C18H15ClN4O5. The van der Waals surface area contributed by atoms with Gasteiger partial charge < -0.3 is 14.6 Å². The zero-order chi connectivity index (χ0) is 20.1. The summed E-state index contributed by atoms with van der Waals surface area (Å²) in [4.78, 5) is 26.6. The Balaban J connectivity index is 1.59. The smallest absolute Gasteiger partial charge is 0.270 e. The number of hydrogen-bond acceptors (Lipinski definition) is 7. The summed E-state index contributed by atoms with van der Waals surface area (Å²) in [5, 5.41) is 17.9. The molecule has 0 fully saturated rings. The molecule has 0 saturated heterocycles. The number of nitro benzene ring substituents is 1. The minimum atomic E-state index is -0.568. The maximum Gasteiger partial charge on any atom is 0.270 e. The number of non-ortho nitro benzene ring substituents is 1. The highest BCUT2D eigenvalue weighted by Crippen LogP contribution is 2.23. The second-order valence-corrected chi connectivity index (χ2v) is 6.23. The molecule has 0 aliphatic carbocycles. The first kappa shape index (κ1) is 19.3. The molecule has 2 aromatic carbocycles. The molecule has 0 bridgehead atoms. The Morgan fingerprint density at radius 1 is 1.32 bits per heavy atom. The SMILES string of the molecule is CC(NC(=O)COc1ccc(Cl)cc1)c1nc(-c2cccc([N+](=O)[O-])c2)no1. The van der Waals surface area contributed by atoms with Crippen molar-refractivity contribution in [1.29, 1.82) is 0 Å². The van der Waals surface area contributed by atoms with Crippen molar-refractivity contribution in [3.05, 3.63) is 69.6 Å². The van der Waals surface area contributed by atoms with Gasteiger partial charge in [-0.15, -0.1) is 0 Å². The van der Waals surface area contributed by atoms with Crippen LogP contribution in [-0.4, -0.2) is 27.6 Å². The van der Waals surface area contributed by atoms with E-state index in [1.807, 2.05) is 0 Å². The minimum absolute atomic E-state index is 0.0791. The van der Waals surface area contributed by atoms with Crippen molar-refractivity contribution in [2.45, 2.75) is 13.0 Å². The lowest BCUT2D eigenvalue weighted by Crippen LogP contribution is -2.31. The average Bonchev–Trinajstić information content (AvgIpc) is 3.18. The first-order chi connectivity index (χ1) is 13.4. The lowest BCUT2D eigenvalue weighted by Gasteiger charge is -2.10. The standard InChI is InChI=1S/C18H15ClN4O5/c1-11(20-16(24)10-27-15-7-5-13(19)6-8-15)18-21-17(22-28-18)12-3-2-4-14(9-12)23(25)26/h2-9,11H,10H2,1H3,(H,20,24). The number of rotatable bonds is 7. The van der Waals surface area contributed by atoms with Gasteiger partial charge in [-0.25, -0.2) is 0 Å². The molecule has 1 unspecified atom stereocenters. The summed E-state index contributed by atoms with van der Waals surface area (Å²) >= 11 is 5.79. The van der Waals surface area contributed by atoms with Crippen molar-refractivity contribution in [3.63, 3.8) is 0 Å². The fourth-order valence-electron chi connectivity index (χ4n) is 2.31. The minimum Gasteiger partial charge on any atom is -0.484 e. The van der Waals surface area contributed by atoms with E-state index < -0.39 is 11.0 Å². The maximum atomic E-state index is 12.0. The number of carbonyl (C=O) groups excluding carboxylic acids is 1. The summed E-state index contributed by atoms with van der Waals surface area (Å²) in [5.41, 5.74) is 0.360. The largest absolute Gasteiger partial charge is 0.484 e. The summed E-state index contributed by atoms with van der Waals surface area (Å²) in [6.07, 6.45) is 0. The van der Waals surface area contributed by atoms with Gasteiger partial charge in [-0.2, -0.15) is 4.98 Å². The van der Waals surface area contributed by atoms with Crippen molar-refractivity contribution >= 4 is 23.2 Å². The molecule has 1 amide bonds. The Bertz CT molecular complexity index is 990. The van der Waals surface area contributed by atoms with Crippen LogP contribution in [-0.2, 0) is 4.79 Å².